The molecule has 2 aromatic heterocycles. The molecule has 0 spiro atoms. The molecule has 2 heterocycles. The van der Waals surface area contributed by atoms with Crippen LogP contribution < -0.4 is 5.32 Å². The first-order valence-corrected chi connectivity index (χ1v) is 9.62. The van der Waals surface area contributed by atoms with Gasteiger partial charge < -0.3 is 9.84 Å². The van der Waals surface area contributed by atoms with Gasteiger partial charge in [0.15, 0.2) is 0 Å². The van der Waals surface area contributed by atoms with Crippen LogP contribution in [0, 0.1) is 6.92 Å². The molecule has 4 nitrogen and oxygen atoms in total. The molecule has 3 rings (SSSR count). The lowest BCUT2D eigenvalue weighted by Crippen LogP contribution is -2.35. The minimum atomic E-state index is -4.58. The SMILES string of the molecule is CC.Cc1c(-c2ccc(C(=O)NC3CCCCC3)s2)noc1C(F)(F)F. The molecule has 0 radical (unpaired) electrons. The summed E-state index contributed by atoms with van der Waals surface area (Å²) in [5.41, 5.74) is 0.0626. The fraction of sp³-hybridized carbons (Fsp3) is 0.556. The number of carbonyl (C=O) groups is 1. The Balaban J connectivity index is 0.00000117. The molecule has 0 aromatic carbocycles. The molecule has 0 aliphatic heterocycles. The van der Waals surface area contributed by atoms with E-state index >= 15 is 0 Å². The minimum Gasteiger partial charge on any atom is -0.351 e. The molecule has 1 aliphatic carbocycles. The zero-order valence-corrected chi connectivity index (χ0v) is 15.9. The number of thiophene rings is 1. The summed E-state index contributed by atoms with van der Waals surface area (Å²) in [4.78, 5) is 13.2. The van der Waals surface area contributed by atoms with Gasteiger partial charge in [-0.05, 0) is 31.9 Å². The van der Waals surface area contributed by atoms with E-state index in [1.165, 1.54) is 13.3 Å². The number of hydrogen-bond donors (Lipinski definition) is 1. The molecule has 1 saturated carbocycles. The van der Waals surface area contributed by atoms with Gasteiger partial charge in [-0.15, -0.1) is 11.3 Å². The third kappa shape index (κ3) is 4.66. The van der Waals surface area contributed by atoms with E-state index in [9.17, 15) is 18.0 Å². The van der Waals surface area contributed by atoms with Gasteiger partial charge in [-0.25, -0.2) is 0 Å². The number of hydrogen-bond acceptors (Lipinski definition) is 4. The van der Waals surface area contributed by atoms with Crippen LogP contribution in [0.2, 0.25) is 0 Å². The number of alkyl halides is 3. The molecule has 8 heteroatoms. The lowest BCUT2D eigenvalue weighted by molar-refractivity contribution is -0.156. The van der Waals surface area contributed by atoms with E-state index in [4.69, 9.17) is 0 Å². The summed E-state index contributed by atoms with van der Waals surface area (Å²) in [6.07, 6.45) is 0.789. The number of carbonyl (C=O) groups excluding carboxylic acids is 1. The number of rotatable bonds is 3. The molecule has 2 aromatic rings. The number of halogens is 3. The van der Waals surface area contributed by atoms with Crippen molar-refractivity contribution in [2.45, 2.75) is 65.1 Å². The molecule has 0 unspecified atom stereocenters. The van der Waals surface area contributed by atoms with Crippen molar-refractivity contribution in [3.05, 3.63) is 28.3 Å². The average Bonchev–Trinajstić information content (AvgIpc) is 3.23. The minimum absolute atomic E-state index is 0.0661. The highest BCUT2D eigenvalue weighted by molar-refractivity contribution is 7.17. The normalized spacial score (nSPS) is 15.3. The zero-order chi connectivity index (χ0) is 19.3. The first kappa shape index (κ1) is 20.5. The van der Waals surface area contributed by atoms with Gasteiger partial charge in [-0.3, -0.25) is 4.79 Å². The second-order valence-electron chi connectivity index (χ2n) is 5.96. The van der Waals surface area contributed by atoms with Crippen LogP contribution in [0.3, 0.4) is 0 Å². The van der Waals surface area contributed by atoms with Gasteiger partial charge in [0, 0.05) is 11.6 Å². The predicted molar refractivity (Wildman–Crippen MR) is 95.2 cm³/mol. The Hall–Kier alpha value is -1.83. The van der Waals surface area contributed by atoms with Crippen molar-refractivity contribution < 1.29 is 22.5 Å². The molecule has 1 aliphatic rings. The van der Waals surface area contributed by atoms with Crippen LogP contribution in [0.15, 0.2) is 16.7 Å². The molecule has 26 heavy (non-hydrogen) atoms. The number of nitrogens with zero attached hydrogens (tertiary/aromatic N) is 1. The highest BCUT2D eigenvalue weighted by atomic mass is 32.1. The van der Waals surface area contributed by atoms with Crippen molar-refractivity contribution in [3.63, 3.8) is 0 Å². The monoisotopic (exact) mass is 388 g/mol. The van der Waals surface area contributed by atoms with Gasteiger partial charge in [-0.1, -0.05) is 38.3 Å². The third-order valence-corrected chi connectivity index (χ3v) is 5.28. The summed E-state index contributed by atoms with van der Waals surface area (Å²) >= 11 is 1.12. The Bertz CT molecular complexity index is 731. The maximum atomic E-state index is 12.8. The predicted octanol–water partition coefficient (Wildman–Crippen LogP) is 5.82. The molecule has 0 bridgehead atoms. The molecule has 0 saturated heterocycles. The van der Waals surface area contributed by atoms with Gasteiger partial charge in [-0.2, -0.15) is 13.2 Å². The van der Waals surface area contributed by atoms with Crippen LogP contribution in [0.25, 0.3) is 10.6 Å². The van der Waals surface area contributed by atoms with E-state index < -0.39 is 11.9 Å². The van der Waals surface area contributed by atoms with Crippen molar-refractivity contribution in [2.75, 3.05) is 0 Å². The smallest absolute Gasteiger partial charge is 0.351 e. The molecular formula is C18H23F3N2O2S. The maximum absolute atomic E-state index is 12.8. The summed E-state index contributed by atoms with van der Waals surface area (Å²) < 4.78 is 42.8. The van der Waals surface area contributed by atoms with Crippen LogP contribution in [0.5, 0.6) is 0 Å². The maximum Gasteiger partial charge on any atom is 0.452 e. The fourth-order valence-corrected chi connectivity index (χ4v) is 3.87. The van der Waals surface area contributed by atoms with Crippen molar-refractivity contribution in [1.29, 1.82) is 0 Å². The van der Waals surface area contributed by atoms with Crippen molar-refractivity contribution in [2.24, 2.45) is 0 Å². The molecular weight excluding hydrogens is 365 g/mol. The summed E-state index contributed by atoms with van der Waals surface area (Å²) in [7, 11) is 0. The van der Waals surface area contributed by atoms with Crippen LogP contribution in [0.4, 0.5) is 13.2 Å². The van der Waals surface area contributed by atoms with E-state index in [-0.39, 0.29) is 23.2 Å². The number of aromatic nitrogens is 1. The summed E-state index contributed by atoms with van der Waals surface area (Å²) in [6.45, 7) is 5.32. The van der Waals surface area contributed by atoms with E-state index in [2.05, 4.69) is 15.0 Å². The van der Waals surface area contributed by atoms with Crippen LogP contribution in [0.1, 0.15) is 66.9 Å². The second-order valence-corrected chi connectivity index (χ2v) is 7.04. The number of nitrogens with one attached hydrogen (secondary N) is 1. The Morgan fingerprint density at radius 1 is 1.23 bits per heavy atom. The lowest BCUT2D eigenvalue weighted by Gasteiger charge is -2.22. The molecule has 1 N–H and O–H groups in total. The lowest BCUT2D eigenvalue weighted by atomic mass is 9.95. The van der Waals surface area contributed by atoms with Gasteiger partial charge in [0.1, 0.15) is 5.69 Å². The Morgan fingerprint density at radius 3 is 2.46 bits per heavy atom. The first-order chi connectivity index (χ1) is 12.4. The summed E-state index contributed by atoms with van der Waals surface area (Å²) in [5, 5.41) is 6.52. The quantitative estimate of drug-likeness (QED) is 0.721. The average molecular weight is 388 g/mol. The van der Waals surface area contributed by atoms with Gasteiger partial charge in [0.25, 0.3) is 5.91 Å². The summed E-state index contributed by atoms with van der Waals surface area (Å²) in [5.74, 6) is -1.28. The molecule has 1 fully saturated rings. The highest BCUT2D eigenvalue weighted by Gasteiger charge is 2.39. The van der Waals surface area contributed by atoms with Crippen molar-refractivity contribution in [3.8, 4) is 10.6 Å². The highest BCUT2D eigenvalue weighted by Crippen LogP contribution is 2.38. The summed E-state index contributed by atoms with van der Waals surface area (Å²) in [6, 6.07) is 3.40. The van der Waals surface area contributed by atoms with Gasteiger partial charge in [0.2, 0.25) is 5.76 Å². The van der Waals surface area contributed by atoms with Crippen LogP contribution in [-0.2, 0) is 6.18 Å². The van der Waals surface area contributed by atoms with Gasteiger partial charge in [0.05, 0.1) is 9.75 Å². The Kier molecular flexibility index (Phi) is 6.86. The number of amides is 1. The molecule has 0 atom stereocenters. The van der Waals surface area contributed by atoms with Gasteiger partial charge >= 0.3 is 6.18 Å². The third-order valence-electron chi connectivity index (χ3n) is 4.19. The van der Waals surface area contributed by atoms with Crippen LogP contribution in [-0.4, -0.2) is 17.1 Å². The van der Waals surface area contributed by atoms with Crippen LogP contribution >= 0.6 is 11.3 Å². The van der Waals surface area contributed by atoms with E-state index in [0.29, 0.717) is 9.75 Å². The zero-order valence-electron chi connectivity index (χ0n) is 15.1. The Morgan fingerprint density at radius 2 is 1.88 bits per heavy atom. The van der Waals surface area contributed by atoms with Crippen molar-refractivity contribution >= 4 is 17.2 Å². The van der Waals surface area contributed by atoms with E-state index in [1.807, 2.05) is 13.8 Å². The second kappa shape index (κ2) is 8.70. The van der Waals surface area contributed by atoms with Crippen molar-refractivity contribution in [1.82, 2.24) is 10.5 Å². The largest absolute Gasteiger partial charge is 0.452 e. The topological polar surface area (TPSA) is 55.1 Å². The molecule has 1 amide bonds. The van der Waals surface area contributed by atoms with E-state index in [1.54, 1.807) is 12.1 Å². The standard InChI is InChI=1S/C16H17F3N2O2S.C2H6/c1-9-13(21-23-14(9)16(17,18)19)11-7-8-12(24-11)15(22)20-10-5-3-2-4-6-10;1-2/h7-8,10H,2-6H2,1H3,(H,20,22);1-2H3. The fourth-order valence-electron chi connectivity index (χ4n) is 2.92. The molecule has 144 valence electrons. The van der Waals surface area contributed by atoms with E-state index in [0.717, 1.165) is 37.0 Å². The first-order valence-electron chi connectivity index (χ1n) is 8.81. The Labute approximate surface area is 154 Å².